The van der Waals surface area contributed by atoms with Gasteiger partial charge in [-0.05, 0) is 64.2 Å². The molecule has 0 bridgehead atoms. The van der Waals surface area contributed by atoms with E-state index >= 15 is 0 Å². The Morgan fingerprint density at radius 3 is 2.47 bits per heavy atom. The summed E-state index contributed by atoms with van der Waals surface area (Å²) >= 11 is 0. The summed E-state index contributed by atoms with van der Waals surface area (Å²) in [6, 6.07) is 0. The van der Waals surface area contributed by atoms with Crippen LogP contribution in [0.4, 0.5) is 0 Å². The normalized spacial score (nSPS) is 16.7. The number of aliphatic hydroxyl groups excluding tert-OH is 1. The Morgan fingerprint density at radius 1 is 1.16 bits per heavy atom. The zero-order chi connectivity index (χ0) is 14.2. The Kier molecular flexibility index (Phi) is 3.77. The molecule has 0 fully saturated rings. The van der Waals surface area contributed by atoms with Crippen molar-refractivity contribution in [1.82, 2.24) is 0 Å². The predicted molar refractivity (Wildman–Crippen MR) is 76.3 cm³/mol. The highest BCUT2D eigenvalue weighted by Crippen LogP contribution is 2.43. The van der Waals surface area contributed by atoms with Crippen LogP contribution in [0.15, 0.2) is 0 Å². The molecule has 1 aliphatic heterocycles. The van der Waals surface area contributed by atoms with Gasteiger partial charge in [-0.25, -0.2) is 0 Å². The van der Waals surface area contributed by atoms with E-state index in [2.05, 4.69) is 34.6 Å². The molecule has 1 aliphatic rings. The number of benzene rings is 1. The maximum atomic E-state index is 8.94. The molecule has 1 heterocycles. The van der Waals surface area contributed by atoms with Crippen molar-refractivity contribution in [1.29, 1.82) is 0 Å². The van der Waals surface area contributed by atoms with Gasteiger partial charge in [-0.1, -0.05) is 0 Å². The van der Waals surface area contributed by atoms with Gasteiger partial charge in [0.05, 0.1) is 6.61 Å². The molecule has 0 spiro atoms. The molecule has 1 N–H and O–H groups in total. The second kappa shape index (κ2) is 5.04. The SMILES string of the molecule is Cc1c(C)c2c(c(C)c1OCCO)CCC(C)(C)O2. The van der Waals surface area contributed by atoms with Gasteiger partial charge >= 0.3 is 0 Å². The van der Waals surface area contributed by atoms with Crippen molar-refractivity contribution in [2.75, 3.05) is 13.2 Å². The van der Waals surface area contributed by atoms with Gasteiger partial charge in [0.1, 0.15) is 23.7 Å². The van der Waals surface area contributed by atoms with Gasteiger partial charge in [-0.2, -0.15) is 0 Å². The second-order valence-electron chi connectivity index (χ2n) is 5.95. The van der Waals surface area contributed by atoms with E-state index in [4.69, 9.17) is 14.6 Å². The molecule has 0 atom stereocenters. The van der Waals surface area contributed by atoms with E-state index in [1.165, 1.54) is 5.56 Å². The van der Waals surface area contributed by atoms with Gasteiger partial charge in [-0.15, -0.1) is 0 Å². The molecule has 0 aromatic heterocycles. The van der Waals surface area contributed by atoms with Crippen LogP contribution in [0, 0.1) is 20.8 Å². The van der Waals surface area contributed by atoms with E-state index < -0.39 is 0 Å². The van der Waals surface area contributed by atoms with Crippen LogP contribution in [-0.2, 0) is 6.42 Å². The molecule has 2 rings (SSSR count). The number of aliphatic hydroxyl groups is 1. The lowest BCUT2D eigenvalue weighted by Crippen LogP contribution is -2.33. The molecule has 3 heteroatoms. The predicted octanol–water partition coefficient (Wildman–Crippen LogP) is 3.09. The van der Waals surface area contributed by atoms with Crippen LogP contribution in [0.1, 0.15) is 42.5 Å². The highest BCUT2D eigenvalue weighted by atomic mass is 16.5. The summed E-state index contributed by atoms with van der Waals surface area (Å²) in [6.45, 7) is 10.9. The first-order chi connectivity index (χ1) is 8.87. The summed E-state index contributed by atoms with van der Waals surface area (Å²) in [5, 5.41) is 8.94. The molecule has 106 valence electrons. The fraction of sp³-hybridized carbons (Fsp3) is 0.625. The standard InChI is InChI=1S/C16H24O3/c1-10-11(2)15-13(6-7-16(4,5)19-15)12(3)14(10)18-9-8-17/h17H,6-9H2,1-5H3. The van der Waals surface area contributed by atoms with Gasteiger partial charge in [0.2, 0.25) is 0 Å². The minimum Gasteiger partial charge on any atom is -0.491 e. The molecule has 0 radical (unpaired) electrons. The number of ether oxygens (including phenoxy) is 2. The molecule has 0 unspecified atom stereocenters. The summed E-state index contributed by atoms with van der Waals surface area (Å²) in [7, 11) is 0. The van der Waals surface area contributed by atoms with E-state index in [1.807, 2.05) is 0 Å². The monoisotopic (exact) mass is 264 g/mol. The lowest BCUT2D eigenvalue weighted by atomic mass is 9.88. The first kappa shape index (κ1) is 14.2. The van der Waals surface area contributed by atoms with E-state index in [0.717, 1.165) is 41.0 Å². The minimum absolute atomic E-state index is 0.0402. The fourth-order valence-electron chi connectivity index (χ4n) is 2.71. The lowest BCUT2D eigenvalue weighted by Gasteiger charge is -2.35. The zero-order valence-electron chi connectivity index (χ0n) is 12.6. The maximum absolute atomic E-state index is 8.94. The largest absolute Gasteiger partial charge is 0.491 e. The van der Waals surface area contributed by atoms with Crippen LogP contribution in [0.3, 0.4) is 0 Å². The molecule has 0 aliphatic carbocycles. The summed E-state index contributed by atoms with van der Waals surface area (Å²) in [5.74, 6) is 1.94. The van der Waals surface area contributed by atoms with Crippen molar-refractivity contribution >= 4 is 0 Å². The quantitative estimate of drug-likeness (QED) is 0.911. The van der Waals surface area contributed by atoms with Gasteiger partial charge in [0, 0.05) is 5.56 Å². The van der Waals surface area contributed by atoms with Gasteiger partial charge in [-0.3, -0.25) is 0 Å². The summed E-state index contributed by atoms with van der Waals surface area (Å²) in [4.78, 5) is 0. The Balaban J connectivity index is 2.50. The highest BCUT2D eigenvalue weighted by Gasteiger charge is 2.30. The van der Waals surface area contributed by atoms with Crippen LogP contribution in [-0.4, -0.2) is 23.9 Å². The molecule has 19 heavy (non-hydrogen) atoms. The number of rotatable bonds is 3. The molecule has 0 amide bonds. The van der Waals surface area contributed by atoms with Gasteiger partial charge < -0.3 is 14.6 Å². The van der Waals surface area contributed by atoms with Crippen molar-refractivity contribution in [3.63, 3.8) is 0 Å². The molecular weight excluding hydrogens is 240 g/mol. The Bertz CT molecular complexity index is 490. The highest BCUT2D eigenvalue weighted by molar-refractivity contribution is 5.58. The molecule has 1 aromatic rings. The van der Waals surface area contributed by atoms with Gasteiger partial charge in [0.25, 0.3) is 0 Å². The fourth-order valence-corrected chi connectivity index (χ4v) is 2.71. The average Bonchev–Trinajstić information content (AvgIpc) is 2.35. The number of hydrogen-bond donors (Lipinski definition) is 1. The van der Waals surface area contributed by atoms with Crippen LogP contribution in [0.2, 0.25) is 0 Å². The topological polar surface area (TPSA) is 38.7 Å². The second-order valence-corrected chi connectivity index (χ2v) is 5.95. The molecule has 0 saturated heterocycles. The Labute approximate surface area is 115 Å². The summed E-state index contributed by atoms with van der Waals surface area (Å²) in [5.41, 5.74) is 4.59. The third kappa shape index (κ3) is 2.57. The van der Waals surface area contributed by atoms with E-state index in [-0.39, 0.29) is 12.2 Å². The molecule has 0 saturated carbocycles. The minimum atomic E-state index is -0.0931. The molecular formula is C16H24O3. The smallest absolute Gasteiger partial charge is 0.127 e. The summed E-state index contributed by atoms with van der Waals surface area (Å²) in [6.07, 6.45) is 2.04. The molecule has 3 nitrogen and oxygen atoms in total. The Hall–Kier alpha value is -1.22. The number of hydrogen-bond acceptors (Lipinski definition) is 3. The molecule has 1 aromatic carbocycles. The van der Waals surface area contributed by atoms with Crippen molar-refractivity contribution in [3.8, 4) is 11.5 Å². The van der Waals surface area contributed by atoms with E-state index in [9.17, 15) is 0 Å². The first-order valence-corrected chi connectivity index (χ1v) is 6.92. The van der Waals surface area contributed by atoms with Crippen LogP contribution in [0.25, 0.3) is 0 Å². The van der Waals surface area contributed by atoms with Crippen LogP contribution in [0.5, 0.6) is 11.5 Å². The van der Waals surface area contributed by atoms with E-state index in [0.29, 0.717) is 6.61 Å². The van der Waals surface area contributed by atoms with E-state index in [1.54, 1.807) is 0 Å². The van der Waals surface area contributed by atoms with Crippen LogP contribution >= 0.6 is 0 Å². The third-order valence-electron chi connectivity index (χ3n) is 4.00. The number of fused-ring (bicyclic) bond motifs is 1. The van der Waals surface area contributed by atoms with Crippen molar-refractivity contribution < 1.29 is 14.6 Å². The van der Waals surface area contributed by atoms with Crippen molar-refractivity contribution in [3.05, 3.63) is 22.3 Å². The zero-order valence-corrected chi connectivity index (χ0v) is 12.6. The third-order valence-corrected chi connectivity index (χ3v) is 4.00. The van der Waals surface area contributed by atoms with Gasteiger partial charge in [0.15, 0.2) is 0 Å². The first-order valence-electron chi connectivity index (χ1n) is 6.92. The lowest BCUT2D eigenvalue weighted by molar-refractivity contribution is 0.0830. The maximum Gasteiger partial charge on any atom is 0.127 e. The summed E-state index contributed by atoms with van der Waals surface area (Å²) < 4.78 is 11.9. The van der Waals surface area contributed by atoms with Crippen molar-refractivity contribution in [2.24, 2.45) is 0 Å². The van der Waals surface area contributed by atoms with Crippen molar-refractivity contribution in [2.45, 2.75) is 53.1 Å². The Morgan fingerprint density at radius 2 is 1.84 bits per heavy atom. The average molecular weight is 264 g/mol. The van der Waals surface area contributed by atoms with Crippen LogP contribution < -0.4 is 9.47 Å².